The summed E-state index contributed by atoms with van der Waals surface area (Å²) in [5, 5.41) is 8.51. The van der Waals surface area contributed by atoms with Gasteiger partial charge >= 0.3 is 0 Å². The molecule has 0 aliphatic carbocycles. The molecule has 0 saturated carbocycles. The van der Waals surface area contributed by atoms with Gasteiger partial charge in [0.15, 0.2) is 0 Å². The Labute approximate surface area is 176 Å². The summed E-state index contributed by atoms with van der Waals surface area (Å²) in [6.45, 7) is 6.87. The molecule has 3 aromatic rings. The SMILES string of the molecule is Cc1c2ccccc2nn1CCCNS(=O)(=O)c1ccc2c(c1)C(C)(C)CC(=O)N2. The van der Waals surface area contributed by atoms with Gasteiger partial charge < -0.3 is 5.32 Å². The zero-order valence-electron chi connectivity index (χ0n) is 17.4. The van der Waals surface area contributed by atoms with Crippen LogP contribution in [0.15, 0.2) is 47.4 Å². The fourth-order valence-electron chi connectivity index (χ4n) is 4.00. The number of carbonyl (C=O) groups excluding carboxylic acids is 1. The Bertz CT molecular complexity index is 1230. The molecule has 2 N–H and O–H groups in total. The Kier molecular flexibility index (Phi) is 5.15. The monoisotopic (exact) mass is 426 g/mol. The molecule has 1 aromatic heterocycles. The minimum atomic E-state index is -3.64. The smallest absolute Gasteiger partial charge is 0.240 e. The number of amides is 1. The van der Waals surface area contributed by atoms with Crippen molar-refractivity contribution in [3.8, 4) is 0 Å². The van der Waals surface area contributed by atoms with Gasteiger partial charge in [0.05, 0.1) is 10.4 Å². The quantitative estimate of drug-likeness (QED) is 0.591. The van der Waals surface area contributed by atoms with E-state index in [0.717, 1.165) is 22.2 Å². The van der Waals surface area contributed by atoms with Crippen LogP contribution in [-0.4, -0.2) is 30.7 Å². The zero-order chi connectivity index (χ0) is 21.5. The molecule has 1 aliphatic heterocycles. The van der Waals surface area contributed by atoms with E-state index in [-0.39, 0.29) is 10.8 Å². The van der Waals surface area contributed by atoms with Crippen molar-refractivity contribution in [2.45, 2.75) is 50.5 Å². The summed E-state index contributed by atoms with van der Waals surface area (Å²) in [4.78, 5) is 12.1. The molecule has 0 bridgehead atoms. The second-order valence-electron chi connectivity index (χ2n) is 8.39. The molecule has 7 nitrogen and oxygen atoms in total. The number of fused-ring (bicyclic) bond motifs is 2. The summed E-state index contributed by atoms with van der Waals surface area (Å²) in [7, 11) is -3.64. The molecule has 158 valence electrons. The predicted molar refractivity (Wildman–Crippen MR) is 117 cm³/mol. The normalized spacial score (nSPS) is 15.8. The van der Waals surface area contributed by atoms with E-state index < -0.39 is 15.4 Å². The Balaban J connectivity index is 1.43. The summed E-state index contributed by atoms with van der Waals surface area (Å²) in [6, 6.07) is 12.8. The van der Waals surface area contributed by atoms with Crippen molar-refractivity contribution < 1.29 is 13.2 Å². The number of sulfonamides is 1. The molecule has 0 spiro atoms. The van der Waals surface area contributed by atoms with Crippen LogP contribution in [0.1, 0.15) is 37.9 Å². The molecule has 0 atom stereocenters. The van der Waals surface area contributed by atoms with Gasteiger partial charge in [-0.3, -0.25) is 9.48 Å². The highest BCUT2D eigenvalue weighted by molar-refractivity contribution is 7.89. The van der Waals surface area contributed by atoms with Crippen LogP contribution in [0.4, 0.5) is 5.69 Å². The number of aryl methyl sites for hydroxylation is 2. The van der Waals surface area contributed by atoms with Gasteiger partial charge in [0.2, 0.25) is 15.9 Å². The lowest BCUT2D eigenvalue weighted by Gasteiger charge is -2.32. The highest BCUT2D eigenvalue weighted by atomic mass is 32.2. The number of anilines is 1. The van der Waals surface area contributed by atoms with Crippen molar-refractivity contribution in [2.24, 2.45) is 0 Å². The molecule has 8 heteroatoms. The Morgan fingerprint density at radius 2 is 1.97 bits per heavy atom. The van der Waals surface area contributed by atoms with Crippen molar-refractivity contribution in [2.75, 3.05) is 11.9 Å². The Hall–Kier alpha value is -2.71. The van der Waals surface area contributed by atoms with Crippen LogP contribution in [0.3, 0.4) is 0 Å². The molecule has 2 heterocycles. The average molecular weight is 427 g/mol. The first-order chi connectivity index (χ1) is 14.2. The van der Waals surface area contributed by atoms with Crippen LogP contribution < -0.4 is 10.0 Å². The van der Waals surface area contributed by atoms with Gasteiger partial charge in [-0.15, -0.1) is 0 Å². The Morgan fingerprint density at radius 3 is 2.73 bits per heavy atom. The van der Waals surface area contributed by atoms with E-state index in [2.05, 4.69) is 15.1 Å². The lowest BCUT2D eigenvalue weighted by molar-refractivity contribution is -0.117. The number of hydrogen-bond acceptors (Lipinski definition) is 4. The van der Waals surface area contributed by atoms with E-state index >= 15 is 0 Å². The number of carbonyl (C=O) groups is 1. The third-order valence-electron chi connectivity index (χ3n) is 5.66. The van der Waals surface area contributed by atoms with Crippen LogP contribution >= 0.6 is 0 Å². The average Bonchev–Trinajstić information content (AvgIpc) is 3.00. The van der Waals surface area contributed by atoms with E-state index in [4.69, 9.17) is 0 Å². The molecule has 30 heavy (non-hydrogen) atoms. The largest absolute Gasteiger partial charge is 0.326 e. The van der Waals surface area contributed by atoms with Gasteiger partial charge in [-0.2, -0.15) is 5.10 Å². The van der Waals surface area contributed by atoms with E-state index in [9.17, 15) is 13.2 Å². The first-order valence-corrected chi connectivity index (χ1v) is 11.5. The maximum absolute atomic E-state index is 12.8. The number of hydrogen-bond donors (Lipinski definition) is 2. The number of benzene rings is 2. The minimum absolute atomic E-state index is 0.0530. The van der Waals surface area contributed by atoms with Gasteiger partial charge in [-0.25, -0.2) is 13.1 Å². The first kappa shape index (κ1) is 20.6. The predicted octanol–water partition coefficient (Wildman–Crippen LogP) is 3.33. The lowest BCUT2D eigenvalue weighted by atomic mass is 9.78. The summed E-state index contributed by atoms with van der Waals surface area (Å²) in [5.41, 5.74) is 3.12. The molecule has 2 aromatic carbocycles. The van der Waals surface area contributed by atoms with Crippen LogP contribution in [0.5, 0.6) is 0 Å². The second-order valence-corrected chi connectivity index (χ2v) is 10.2. The molecule has 0 saturated heterocycles. The molecule has 0 radical (unpaired) electrons. The van der Waals surface area contributed by atoms with Crippen molar-refractivity contribution >= 4 is 32.5 Å². The summed E-state index contributed by atoms with van der Waals surface area (Å²) >= 11 is 0. The van der Waals surface area contributed by atoms with Gasteiger partial charge in [-0.05, 0) is 43.2 Å². The highest BCUT2D eigenvalue weighted by Gasteiger charge is 2.33. The van der Waals surface area contributed by atoms with Crippen LogP contribution in [-0.2, 0) is 26.8 Å². The van der Waals surface area contributed by atoms with Crippen molar-refractivity contribution in [1.82, 2.24) is 14.5 Å². The first-order valence-electron chi connectivity index (χ1n) is 10.0. The van der Waals surface area contributed by atoms with E-state index in [0.29, 0.717) is 31.6 Å². The fraction of sp³-hybridized carbons (Fsp3) is 0.364. The summed E-state index contributed by atoms with van der Waals surface area (Å²) in [5.74, 6) is -0.0530. The minimum Gasteiger partial charge on any atom is -0.326 e. The van der Waals surface area contributed by atoms with Gasteiger partial charge in [-0.1, -0.05) is 32.0 Å². The molecule has 1 aliphatic rings. The van der Waals surface area contributed by atoms with Crippen LogP contribution in [0, 0.1) is 6.92 Å². The van der Waals surface area contributed by atoms with Gasteiger partial charge in [0.25, 0.3) is 0 Å². The van der Waals surface area contributed by atoms with E-state index in [1.54, 1.807) is 12.1 Å². The van der Waals surface area contributed by atoms with Crippen molar-refractivity contribution in [3.05, 3.63) is 53.7 Å². The van der Waals surface area contributed by atoms with Gasteiger partial charge in [0, 0.05) is 41.7 Å². The summed E-state index contributed by atoms with van der Waals surface area (Å²) < 4.78 is 30.2. The molecular formula is C22H26N4O3S. The second kappa shape index (κ2) is 7.52. The van der Waals surface area contributed by atoms with Crippen molar-refractivity contribution in [1.29, 1.82) is 0 Å². The van der Waals surface area contributed by atoms with Crippen molar-refractivity contribution in [3.63, 3.8) is 0 Å². The molecule has 1 amide bonds. The lowest BCUT2D eigenvalue weighted by Crippen LogP contribution is -2.33. The highest BCUT2D eigenvalue weighted by Crippen LogP contribution is 2.38. The number of nitrogens with one attached hydrogen (secondary N) is 2. The standard InChI is InChI=1S/C22H26N4O3S/c1-15-17-7-4-5-8-19(17)25-26(15)12-6-11-23-30(28,29)16-9-10-20-18(13-16)22(2,3)14-21(27)24-20/h4-5,7-10,13,23H,6,11-12,14H2,1-3H3,(H,24,27). The van der Waals surface area contributed by atoms with Gasteiger partial charge in [0.1, 0.15) is 0 Å². The maximum Gasteiger partial charge on any atom is 0.240 e. The van der Waals surface area contributed by atoms with Crippen LogP contribution in [0.2, 0.25) is 0 Å². The number of aromatic nitrogens is 2. The molecule has 0 unspecified atom stereocenters. The maximum atomic E-state index is 12.8. The fourth-order valence-corrected chi connectivity index (χ4v) is 5.10. The zero-order valence-corrected chi connectivity index (χ0v) is 18.2. The van der Waals surface area contributed by atoms with E-state index in [1.165, 1.54) is 6.07 Å². The molecule has 0 fully saturated rings. The van der Waals surface area contributed by atoms with E-state index in [1.807, 2.05) is 49.7 Å². The summed E-state index contributed by atoms with van der Waals surface area (Å²) in [6.07, 6.45) is 0.953. The third-order valence-corrected chi connectivity index (χ3v) is 7.11. The number of rotatable bonds is 6. The van der Waals surface area contributed by atoms with Crippen LogP contribution in [0.25, 0.3) is 10.9 Å². The number of nitrogens with zero attached hydrogens (tertiary/aromatic N) is 2. The molecule has 4 rings (SSSR count). The topological polar surface area (TPSA) is 93.1 Å². The Morgan fingerprint density at radius 1 is 1.20 bits per heavy atom. The molecular weight excluding hydrogens is 400 g/mol. The third kappa shape index (κ3) is 3.85.